The van der Waals surface area contributed by atoms with Crippen LogP contribution in [-0.4, -0.2) is 28.7 Å². The standard InChI is InChI=1S/C15H16N4O/c1-11-14-8-16-10-17-19(14)9-15(11)20-13-6-4-5-12(7-13)18(2)3/h4-10H,1-3H3. The van der Waals surface area contributed by atoms with Crippen LogP contribution in [0.25, 0.3) is 5.52 Å². The molecule has 0 unspecified atom stereocenters. The third kappa shape index (κ3) is 2.18. The Bertz CT molecular complexity index is 748. The van der Waals surface area contributed by atoms with Crippen LogP contribution in [0, 0.1) is 6.92 Å². The average Bonchev–Trinajstić information content (AvgIpc) is 2.76. The van der Waals surface area contributed by atoms with Crippen LogP contribution in [0.3, 0.4) is 0 Å². The van der Waals surface area contributed by atoms with Gasteiger partial charge in [-0.25, -0.2) is 9.50 Å². The molecule has 0 saturated carbocycles. The highest BCUT2D eigenvalue weighted by atomic mass is 16.5. The molecule has 0 N–H and O–H groups in total. The zero-order valence-corrected chi connectivity index (χ0v) is 11.7. The van der Waals surface area contributed by atoms with Gasteiger partial charge in [-0.2, -0.15) is 5.10 Å². The molecule has 0 atom stereocenters. The molecule has 3 rings (SSSR count). The highest BCUT2D eigenvalue weighted by molar-refractivity contribution is 5.60. The summed E-state index contributed by atoms with van der Waals surface area (Å²) in [6.07, 6.45) is 5.17. The number of fused-ring (bicyclic) bond motifs is 1. The summed E-state index contributed by atoms with van der Waals surface area (Å²) in [5.74, 6) is 1.60. The predicted octanol–water partition coefficient (Wildman–Crippen LogP) is 2.90. The summed E-state index contributed by atoms with van der Waals surface area (Å²) < 4.78 is 7.74. The van der Waals surface area contributed by atoms with Crippen molar-refractivity contribution in [1.29, 1.82) is 0 Å². The Balaban J connectivity index is 1.97. The molecule has 2 heterocycles. The van der Waals surface area contributed by atoms with E-state index in [-0.39, 0.29) is 0 Å². The summed E-state index contributed by atoms with van der Waals surface area (Å²) in [6, 6.07) is 7.98. The first-order chi connectivity index (χ1) is 9.65. The Hall–Kier alpha value is -2.56. The van der Waals surface area contributed by atoms with Gasteiger partial charge in [-0.05, 0) is 19.1 Å². The molecule has 0 saturated heterocycles. The van der Waals surface area contributed by atoms with Crippen molar-refractivity contribution in [1.82, 2.24) is 14.6 Å². The molecule has 0 aliphatic heterocycles. The van der Waals surface area contributed by atoms with Gasteiger partial charge in [0.25, 0.3) is 0 Å². The van der Waals surface area contributed by atoms with Crippen molar-refractivity contribution in [3.63, 3.8) is 0 Å². The van der Waals surface area contributed by atoms with E-state index in [1.165, 1.54) is 6.33 Å². The van der Waals surface area contributed by atoms with Crippen LogP contribution in [-0.2, 0) is 0 Å². The normalized spacial score (nSPS) is 10.8. The Labute approximate surface area is 117 Å². The Kier molecular flexibility index (Phi) is 3.02. The Morgan fingerprint density at radius 3 is 2.85 bits per heavy atom. The third-order valence-corrected chi connectivity index (χ3v) is 3.24. The number of ether oxygens (including phenoxy) is 1. The van der Waals surface area contributed by atoms with Crippen LogP contribution < -0.4 is 9.64 Å². The van der Waals surface area contributed by atoms with Gasteiger partial charge in [-0.15, -0.1) is 0 Å². The van der Waals surface area contributed by atoms with E-state index in [1.807, 2.05) is 56.4 Å². The van der Waals surface area contributed by atoms with Gasteiger partial charge in [0.05, 0.1) is 17.9 Å². The minimum Gasteiger partial charge on any atom is -0.455 e. The first-order valence-electron chi connectivity index (χ1n) is 6.38. The second kappa shape index (κ2) is 4.85. The molecule has 3 aromatic rings. The van der Waals surface area contributed by atoms with E-state index in [1.54, 1.807) is 10.7 Å². The lowest BCUT2D eigenvalue weighted by atomic mass is 10.2. The maximum Gasteiger partial charge on any atom is 0.150 e. The molecule has 0 aliphatic rings. The van der Waals surface area contributed by atoms with E-state index in [0.717, 1.165) is 28.3 Å². The highest BCUT2D eigenvalue weighted by Gasteiger charge is 2.10. The van der Waals surface area contributed by atoms with Crippen molar-refractivity contribution in [3.8, 4) is 11.5 Å². The van der Waals surface area contributed by atoms with Gasteiger partial charge in [0.2, 0.25) is 0 Å². The van der Waals surface area contributed by atoms with E-state index >= 15 is 0 Å². The van der Waals surface area contributed by atoms with Gasteiger partial charge in [0, 0.05) is 31.4 Å². The van der Waals surface area contributed by atoms with Crippen LogP contribution in [0.1, 0.15) is 5.56 Å². The Morgan fingerprint density at radius 1 is 1.25 bits per heavy atom. The smallest absolute Gasteiger partial charge is 0.150 e. The number of hydrogen-bond acceptors (Lipinski definition) is 4. The van der Waals surface area contributed by atoms with Crippen molar-refractivity contribution in [2.75, 3.05) is 19.0 Å². The van der Waals surface area contributed by atoms with Crippen molar-refractivity contribution in [2.24, 2.45) is 0 Å². The van der Waals surface area contributed by atoms with Gasteiger partial charge in [-0.3, -0.25) is 0 Å². The zero-order chi connectivity index (χ0) is 14.1. The fourth-order valence-corrected chi connectivity index (χ4v) is 2.07. The minimum atomic E-state index is 0.793. The van der Waals surface area contributed by atoms with E-state index < -0.39 is 0 Å². The van der Waals surface area contributed by atoms with Gasteiger partial charge >= 0.3 is 0 Å². The van der Waals surface area contributed by atoms with Crippen LogP contribution >= 0.6 is 0 Å². The average molecular weight is 268 g/mol. The lowest BCUT2D eigenvalue weighted by molar-refractivity contribution is 0.479. The van der Waals surface area contributed by atoms with E-state index in [0.29, 0.717) is 0 Å². The lowest BCUT2D eigenvalue weighted by Crippen LogP contribution is -2.08. The summed E-state index contributed by atoms with van der Waals surface area (Å²) in [5.41, 5.74) is 3.08. The monoisotopic (exact) mass is 268 g/mol. The Morgan fingerprint density at radius 2 is 2.10 bits per heavy atom. The molecule has 0 aliphatic carbocycles. The number of nitrogens with zero attached hydrogens (tertiary/aromatic N) is 4. The quantitative estimate of drug-likeness (QED) is 0.732. The van der Waals surface area contributed by atoms with Crippen LogP contribution in [0.4, 0.5) is 5.69 Å². The van der Waals surface area contributed by atoms with E-state index in [9.17, 15) is 0 Å². The summed E-state index contributed by atoms with van der Waals surface area (Å²) in [7, 11) is 4.01. The van der Waals surface area contributed by atoms with Gasteiger partial charge < -0.3 is 9.64 Å². The number of aromatic nitrogens is 3. The molecule has 2 aromatic heterocycles. The molecule has 0 radical (unpaired) electrons. The molecule has 5 nitrogen and oxygen atoms in total. The molecular weight excluding hydrogens is 252 g/mol. The first-order valence-corrected chi connectivity index (χ1v) is 6.38. The van der Waals surface area contributed by atoms with Crippen molar-refractivity contribution in [3.05, 3.63) is 48.5 Å². The molecule has 5 heteroatoms. The number of hydrogen-bond donors (Lipinski definition) is 0. The summed E-state index contributed by atoms with van der Waals surface area (Å²) in [6.45, 7) is 2.00. The molecular formula is C15H16N4O. The van der Waals surface area contributed by atoms with Gasteiger partial charge in [0.1, 0.15) is 12.1 Å². The third-order valence-electron chi connectivity index (χ3n) is 3.24. The maximum atomic E-state index is 5.97. The fraction of sp³-hybridized carbons (Fsp3) is 0.200. The molecule has 0 fully saturated rings. The summed E-state index contributed by atoms with van der Waals surface area (Å²) in [4.78, 5) is 6.08. The van der Waals surface area contributed by atoms with E-state index in [2.05, 4.69) is 10.1 Å². The van der Waals surface area contributed by atoms with Crippen molar-refractivity contribution in [2.45, 2.75) is 6.92 Å². The zero-order valence-electron chi connectivity index (χ0n) is 11.7. The molecule has 0 bridgehead atoms. The molecule has 20 heavy (non-hydrogen) atoms. The first kappa shape index (κ1) is 12.5. The van der Waals surface area contributed by atoms with Crippen LogP contribution in [0.2, 0.25) is 0 Å². The summed E-state index contributed by atoms with van der Waals surface area (Å²) >= 11 is 0. The fourth-order valence-electron chi connectivity index (χ4n) is 2.07. The largest absolute Gasteiger partial charge is 0.455 e. The van der Waals surface area contributed by atoms with Crippen molar-refractivity contribution >= 4 is 11.2 Å². The predicted molar refractivity (Wildman–Crippen MR) is 78.6 cm³/mol. The number of benzene rings is 1. The molecule has 0 amide bonds. The topological polar surface area (TPSA) is 42.7 Å². The van der Waals surface area contributed by atoms with Crippen molar-refractivity contribution < 1.29 is 4.74 Å². The molecule has 0 spiro atoms. The number of aryl methyl sites for hydroxylation is 1. The number of anilines is 1. The highest BCUT2D eigenvalue weighted by Crippen LogP contribution is 2.30. The van der Waals surface area contributed by atoms with Gasteiger partial charge in [0.15, 0.2) is 5.75 Å². The molecule has 102 valence electrons. The summed E-state index contributed by atoms with van der Waals surface area (Å²) in [5, 5.41) is 4.17. The van der Waals surface area contributed by atoms with Gasteiger partial charge in [-0.1, -0.05) is 6.07 Å². The maximum absolute atomic E-state index is 5.97. The van der Waals surface area contributed by atoms with Crippen LogP contribution in [0.15, 0.2) is 43.0 Å². The minimum absolute atomic E-state index is 0.793. The lowest BCUT2D eigenvalue weighted by Gasteiger charge is -2.13. The number of rotatable bonds is 3. The SMILES string of the molecule is Cc1c(Oc2cccc(N(C)C)c2)cn2ncncc12. The second-order valence-electron chi connectivity index (χ2n) is 4.85. The van der Waals surface area contributed by atoms with Crippen LogP contribution in [0.5, 0.6) is 11.5 Å². The second-order valence-corrected chi connectivity index (χ2v) is 4.85. The van der Waals surface area contributed by atoms with E-state index in [4.69, 9.17) is 4.74 Å². The molecule has 1 aromatic carbocycles.